The summed E-state index contributed by atoms with van der Waals surface area (Å²) in [4.78, 5) is 0.191. The molecule has 0 bridgehead atoms. The van der Waals surface area contributed by atoms with E-state index < -0.39 is 10.0 Å². The maximum Gasteiger partial charge on any atom is 0.240 e. The Kier molecular flexibility index (Phi) is 6.96. The summed E-state index contributed by atoms with van der Waals surface area (Å²) in [6.45, 7) is 4.49. The first-order valence-electron chi connectivity index (χ1n) is 9.52. The summed E-state index contributed by atoms with van der Waals surface area (Å²) < 4.78 is 28.2. The zero-order chi connectivity index (χ0) is 20.9. The molecule has 4 nitrogen and oxygen atoms in total. The lowest BCUT2D eigenvalue weighted by Gasteiger charge is -2.24. The molecule has 2 N–H and O–H groups in total. The molecule has 0 amide bonds. The molecule has 6 heteroatoms. The highest BCUT2D eigenvalue weighted by atomic mass is 35.5. The van der Waals surface area contributed by atoms with E-state index in [1.807, 2.05) is 48.5 Å². The Morgan fingerprint density at radius 2 is 1.48 bits per heavy atom. The Labute approximate surface area is 178 Å². The van der Waals surface area contributed by atoms with E-state index >= 15 is 0 Å². The van der Waals surface area contributed by atoms with Gasteiger partial charge in [-0.25, -0.2) is 13.1 Å². The predicted molar refractivity (Wildman–Crippen MR) is 120 cm³/mol. The van der Waals surface area contributed by atoms with E-state index in [9.17, 15) is 8.42 Å². The van der Waals surface area contributed by atoms with Gasteiger partial charge in [0.15, 0.2) is 0 Å². The molecule has 0 aromatic heterocycles. The molecule has 0 aliphatic carbocycles. The largest absolute Gasteiger partial charge is 0.377 e. The Hall–Kier alpha value is -2.34. The van der Waals surface area contributed by atoms with Gasteiger partial charge in [0, 0.05) is 17.3 Å². The molecule has 0 spiro atoms. The van der Waals surface area contributed by atoms with E-state index in [1.54, 1.807) is 12.1 Å². The summed E-state index contributed by atoms with van der Waals surface area (Å²) in [6.07, 6.45) is 0. The van der Waals surface area contributed by atoms with Crippen molar-refractivity contribution in [1.29, 1.82) is 0 Å². The van der Waals surface area contributed by atoms with E-state index in [0.29, 0.717) is 10.9 Å². The third-order valence-corrected chi connectivity index (χ3v) is 6.41. The van der Waals surface area contributed by atoms with Crippen molar-refractivity contribution >= 4 is 27.3 Å². The monoisotopic (exact) mass is 428 g/mol. The fraction of sp³-hybridized carbons (Fsp3) is 0.217. The van der Waals surface area contributed by atoms with Gasteiger partial charge in [-0.2, -0.15) is 0 Å². The highest BCUT2D eigenvalue weighted by molar-refractivity contribution is 7.89. The van der Waals surface area contributed by atoms with Crippen molar-refractivity contribution in [1.82, 2.24) is 4.72 Å². The highest BCUT2D eigenvalue weighted by Crippen LogP contribution is 2.28. The smallest absolute Gasteiger partial charge is 0.240 e. The van der Waals surface area contributed by atoms with E-state index in [0.717, 1.165) is 11.3 Å². The summed E-state index contributed by atoms with van der Waals surface area (Å²) in [5.41, 5.74) is 3.20. The van der Waals surface area contributed by atoms with Gasteiger partial charge in [0.1, 0.15) is 0 Å². The van der Waals surface area contributed by atoms with Crippen molar-refractivity contribution in [2.75, 3.05) is 11.9 Å². The summed E-state index contributed by atoms with van der Waals surface area (Å²) in [5.74, 6) is 0.348. The number of anilines is 1. The maximum absolute atomic E-state index is 12.7. The van der Waals surface area contributed by atoms with Gasteiger partial charge in [0.25, 0.3) is 0 Å². The Morgan fingerprint density at radius 1 is 0.862 bits per heavy atom. The van der Waals surface area contributed by atoms with Crippen molar-refractivity contribution in [3.8, 4) is 0 Å². The maximum atomic E-state index is 12.7. The number of benzene rings is 3. The first kappa shape index (κ1) is 21.4. The van der Waals surface area contributed by atoms with Gasteiger partial charge >= 0.3 is 0 Å². The van der Waals surface area contributed by atoms with E-state index in [-0.39, 0.29) is 17.5 Å². The van der Waals surface area contributed by atoms with Crippen LogP contribution in [0, 0.1) is 0 Å². The molecule has 0 saturated heterocycles. The number of rotatable bonds is 8. The zero-order valence-electron chi connectivity index (χ0n) is 16.5. The second-order valence-electron chi connectivity index (χ2n) is 7.16. The van der Waals surface area contributed by atoms with Crippen LogP contribution in [0.2, 0.25) is 5.02 Å². The van der Waals surface area contributed by atoms with Crippen LogP contribution in [0.1, 0.15) is 36.9 Å². The quantitative estimate of drug-likeness (QED) is 0.491. The van der Waals surface area contributed by atoms with Gasteiger partial charge in [-0.05, 0) is 47.4 Å². The number of hydrogen-bond acceptors (Lipinski definition) is 3. The van der Waals surface area contributed by atoms with Crippen LogP contribution in [-0.2, 0) is 10.0 Å². The van der Waals surface area contributed by atoms with Crippen LogP contribution in [0.15, 0.2) is 83.8 Å². The van der Waals surface area contributed by atoms with Crippen molar-refractivity contribution in [3.05, 3.63) is 95.0 Å². The van der Waals surface area contributed by atoms with Gasteiger partial charge in [0.05, 0.1) is 10.9 Å². The van der Waals surface area contributed by atoms with Crippen molar-refractivity contribution < 1.29 is 8.42 Å². The van der Waals surface area contributed by atoms with Crippen LogP contribution in [0.25, 0.3) is 0 Å². The number of sulfonamides is 1. The minimum absolute atomic E-state index is 0.191. The fourth-order valence-corrected chi connectivity index (χ4v) is 4.32. The molecule has 0 unspecified atom stereocenters. The van der Waals surface area contributed by atoms with Crippen LogP contribution < -0.4 is 10.0 Å². The lowest BCUT2D eigenvalue weighted by molar-refractivity contribution is 0.576. The third kappa shape index (κ3) is 5.60. The minimum Gasteiger partial charge on any atom is -0.377 e. The van der Waals surface area contributed by atoms with Crippen molar-refractivity contribution in [3.63, 3.8) is 0 Å². The molecule has 0 aliphatic rings. The summed E-state index contributed by atoms with van der Waals surface area (Å²) >= 11 is 5.87. The lowest BCUT2D eigenvalue weighted by atomic mass is 9.99. The second-order valence-corrected chi connectivity index (χ2v) is 9.36. The minimum atomic E-state index is -3.65. The Morgan fingerprint density at radius 3 is 2.14 bits per heavy atom. The normalized spacial score (nSPS) is 12.7. The van der Waals surface area contributed by atoms with Crippen molar-refractivity contribution in [2.45, 2.75) is 30.7 Å². The van der Waals surface area contributed by atoms with Crippen molar-refractivity contribution in [2.24, 2.45) is 0 Å². The number of halogens is 1. The number of para-hydroxylation sites is 1. The molecular formula is C23H25ClN2O2S. The molecule has 0 fully saturated rings. The fourth-order valence-electron chi connectivity index (χ4n) is 3.15. The second kappa shape index (κ2) is 9.44. The molecule has 0 heterocycles. The first-order chi connectivity index (χ1) is 13.9. The molecule has 0 radical (unpaired) electrons. The molecule has 1 atom stereocenters. The SMILES string of the molecule is CC(C)c1ccccc1N[C@@H](CNS(=O)(=O)c1ccc(Cl)cc1)c1ccccc1. The van der Waals surface area contributed by atoms with Gasteiger partial charge < -0.3 is 5.32 Å². The Balaban J connectivity index is 1.85. The topological polar surface area (TPSA) is 58.2 Å². The average Bonchev–Trinajstić information content (AvgIpc) is 2.72. The molecule has 29 heavy (non-hydrogen) atoms. The van der Waals surface area contributed by atoms with Gasteiger partial charge in [-0.15, -0.1) is 0 Å². The molecule has 3 aromatic carbocycles. The highest BCUT2D eigenvalue weighted by Gasteiger charge is 2.19. The molecule has 0 aliphatic heterocycles. The first-order valence-corrected chi connectivity index (χ1v) is 11.4. The summed E-state index contributed by atoms with van der Waals surface area (Å²) in [6, 6.07) is 23.9. The van der Waals surface area contributed by atoms with Crippen LogP contribution >= 0.6 is 11.6 Å². The van der Waals surface area contributed by atoms with E-state index in [2.05, 4.69) is 30.0 Å². The van der Waals surface area contributed by atoms with Crippen LogP contribution in [-0.4, -0.2) is 15.0 Å². The summed E-state index contributed by atoms with van der Waals surface area (Å²) in [5, 5.41) is 4.03. The van der Waals surface area contributed by atoms with Gasteiger partial charge in [-0.1, -0.05) is 74.0 Å². The van der Waals surface area contributed by atoms with Crippen LogP contribution in [0.3, 0.4) is 0 Å². The molecule has 3 aromatic rings. The zero-order valence-corrected chi connectivity index (χ0v) is 18.0. The number of hydrogen-bond donors (Lipinski definition) is 2. The molecular weight excluding hydrogens is 404 g/mol. The van der Waals surface area contributed by atoms with E-state index in [1.165, 1.54) is 17.7 Å². The molecule has 3 rings (SSSR count). The van der Waals surface area contributed by atoms with E-state index in [4.69, 9.17) is 11.6 Å². The average molecular weight is 429 g/mol. The van der Waals surface area contributed by atoms with Crippen LogP contribution in [0.5, 0.6) is 0 Å². The van der Waals surface area contributed by atoms with Crippen LogP contribution in [0.4, 0.5) is 5.69 Å². The molecule has 0 saturated carbocycles. The summed E-state index contributed by atoms with van der Waals surface area (Å²) in [7, 11) is -3.65. The van der Waals surface area contributed by atoms with Gasteiger partial charge in [0.2, 0.25) is 10.0 Å². The Bertz CT molecular complexity index is 1040. The number of nitrogens with one attached hydrogen (secondary N) is 2. The molecule has 152 valence electrons. The lowest BCUT2D eigenvalue weighted by Crippen LogP contribution is -2.31. The third-order valence-electron chi connectivity index (χ3n) is 4.72. The standard InChI is InChI=1S/C23H25ClN2O2S/c1-17(2)21-10-6-7-11-22(21)26-23(18-8-4-3-5-9-18)16-25-29(27,28)20-14-12-19(24)13-15-20/h3-15,17,23,25-26H,16H2,1-2H3/t23-/m0/s1. The predicted octanol–water partition coefficient (Wildman–Crippen LogP) is 5.60. The van der Waals surface area contributed by atoms with Gasteiger partial charge in [-0.3, -0.25) is 0 Å².